The third-order valence-electron chi connectivity index (χ3n) is 2.86. The van der Waals surface area contributed by atoms with Crippen molar-refractivity contribution in [1.29, 1.82) is 0 Å². The van der Waals surface area contributed by atoms with Gasteiger partial charge in [-0.15, -0.1) is 0 Å². The van der Waals surface area contributed by atoms with Gasteiger partial charge in [0.25, 0.3) is 0 Å². The van der Waals surface area contributed by atoms with Crippen LogP contribution in [-0.4, -0.2) is 39.8 Å². The Morgan fingerprint density at radius 1 is 1.23 bits per heavy atom. The van der Waals surface area contributed by atoms with Crippen LogP contribution in [0, 0.1) is 0 Å². The number of hydrogen-bond acceptors (Lipinski definition) is 5. The monoisotopic (exact) mass is 331 g/mol. The molecular weight excluding hydrogens is 310 g/mol. The molecule has 2 N–H and O–H groups in total. The van der Waals surface area contributed by atoms with E-state index in [1.807, 2.05) is 0 Å². The third kappa shape index (κ3) is 4.60. The summed E-state index contributed by atoms with van der Waals surface area (Å²) >= 11 is 0. The van der Waals surface area contributed by atoms with Gasteiger partial charge < -0.3 is 14.6 Å². The number of carbonyl (C=O) groups is 1. The largest absolute Gasteiger partial charge is 0.493 e. The van der Waals surface area contributed by atoms with Crippen LogP contribution in [0.4, 0.5) is 0 Å². The van der Waals surface area contributed by atoms with Crippen molar-refractivity contribution >= 4 is 16.0 Å². The maximum absolute atomic E-state index is 12.4. The molecule has 22 heavy (non-hydrogen) atoms. The van der Waals surface area contributed by atoms with Crippen molar-refractivity contribution in [1.82, 2.24) is 4.72 Å². The van der Waals surface area contributed by atoms with E-state index in [0.29, 0.717) is 11.3 Å². The molecule has 1 aromatic rings. The van der Waals surface area contributed by atoms with E-state index in [1.165, 1.54) is 26.4 Å². The average molecular weight is 331 g/mol. The fourth-order valence-corrected chi connectivity index (χ4v) is 3.48. The van der Waals surface area contributed by atoms with E-state index in [1.54, 1.807) is 13.8 Å². The lowest BCUT2D eigenvalue weighted by atomic mass is 10.1. The van der Waals surface area contributed by atoms with Gasteiger partial charge in [-0.1, -0.05) is 0 Å². The molecule has 0 bridgehead atoms. The molecule has 0 aliphatic heterocycles. The van der Waals surface area contributed by atoms with Crippen molar-refractivity contribution in [3.05, 3.63) is 17.7 Å². The topological polar surface area (TPSA) is 102 Å². The lowest BCUT2D eigenvalue weighted by Crippen LogP contribution is -2.31. The summed E-state index contributed by atoms with van der Waals surface area (Å²) in [6.45, 7) is 3.41. The molecule has 0 aliphatic carbocycles. The van der Waals surface area contributed by atoms with E-state index in [-0.39, 0.29) is 29.5 Å². The molecule has 1 rings (SSSR count). The Kier molecular flexibility index (Phi) is 6.19. The number of carboxylic acids is 1. The van der Waals surface area contributed by atoms with Crippen molar-refractivity contribution in [2.75, 3.05) is 14.2 Å². The summed E-state index contributed by atoms with van der Waals surface area (Å²) in [6.07, 6.45) is -0.107. The fraction of sp³-hybridized carbons (Fsp3) is 0.500. The number of hydrogen-bond donors (Lipinski definition) is 2. The molecule has 0 spiro atoms. The van der Waals surface area contributed by atoms with Crippen LogP contribution in [0.5, 0.6) is 11.5 Å². The first kappa shape index (κ1) is 18.2. The average Bonchev–Trinajstić information content (AvgIpc) is 2.42. The lowest BCUT2D eigenvalue weighted by molar-refractivity contribution is -0.136. The molecule has 0 amide bonds. The van der Waals surface area contributed by atoms with Gasteiger partial charge in [-0.05, 0) is 31.9 Å². The Balaban J connectivity index is 3.41. The molecule has 124 valence electrons. The van der Waals surface area contributed by atoms with Gasteiger partial charge in [0.1, 0.15) is 0 Å². The highest BCUT2D eigenvalue weighted by Gasteiger charge is 2.23. The number of rotatable bonds is 8. The highest BCUT2D eigenvalue weighted by atomic mass is 32.2. The zero-order valence-electron chi connectivity index (χ0n) is 13.0. The van der Waals surface area contributed by atoms with Crippen LogP contribution in [0.25, 0.3) is 0 Å². The molecule has 0 unspecified atom stereocenters. The number of methoxy groups -OCH3 is 2. The Bertz CT molecular complexity index is 639. The maximum atomic E-state index is 12.4. The molecule has 1 aromatic carbocycles. The van der Waals surface area contributed by atoms with Crippen molar-refractivity contribution in [3.63, 3.8) is 0 Å². The number of carboxylic acid groups (broad SMARTS) is 1. The second-order valence-corrected chi connectivity index (χ2v) is 6.67. The highest BCUT2D eigenvalue weighted by Crippen LogP contribution is 2.33. The normalized spacial score (nSPS) is 11.5. The fourth-order valence-electron chi connectivity index (χ4n) is 1.96. The predicted molar refractivity (Wildman–Crippen MR) is 81.0 cm³/mol. The van der Waals surface area contributed by atoms with Gasteiger partial charge in [0, 0.05) is 18.5 Å². The lowest BCUT2D eigenvalue weighted by Gasteiger charge is -2.16. The summed E-state index contributed by atoms with van der Waals surface area (Å²) < 4.78 is 37.6. The molecule has 0 atom stereocenters. The van der Waals surface area contributed by atoms with Gasteiger partial charge in [0.05, 0.1) is 19.1 Å². The Labute approximate surface area is 130 Å². The molecule has 7 nitrogen and oxygen atoms in total. The Morgan fingerprint density at radius 2 is 1.77 bits per heavy atom. The molecule has 0 fully saturated rings. The van der Waals surface area contributed by atoms with Crippen molar-refractivity contribution < 1.29 is 27.8 Å². The number of sulfonamides is 1. The van der Waals surface area contributed by atoms with E-state index in [2.05, 4.69) is 4.72 Å². The van der Waals surface area contributed by atoms with E-state index in [9.17, 15) is 13.2 Å². The Hall–Kier alpha value is -1.80. The van der Waals surface area contributed by atoms with Crippen molar-refractivity contribution in [2.45, 2.75) is 37.6 Å². The van der Waals surface area contributed by atoms with Crippen LogP contribution < -0.4 is 14.2 Å². The van der Waals surface area contributed by atoms with E-state index >= 15 is 0 Å². The van der Waals surface area contributed by atoms with E-state index < -0.39 is 16.0 Å². The number of benzene rings is 1. The minimum Gasteiger partial charge on any atom is -0.493 e. The molecule has 0 aromatic heterocycles. The van der Waals surface area contributed by atoms with Gasteiger partial charge in [0.15, 0.2) is 11.5 Å². The summed E-state index contributed by atoms with van der Waals surface area (Å²) in [5.74, 6) is -0.382. The second-order valence-electron chi connectivity index (χ2n) is 4.98. The van der Waals surface area contributed by atoms with Crippen molar-refractivity contribution in [2.24, 2.45) is 0 Å². The first-order valence-electron chi connectivity index (χ1n) is 6.70. The molecule has 0 radical (unpaired) electrons. The maximum Gasteiger partial charge on any atom is 0.303 e. The first-order chi connectivity index (χ1) is 10.2. The van der Waals surface area contributed by atoms with Crippen molar-refractivity contribution in [3.8, 4) is 11.5 Å². The van der Waals surface area contributed by atoms with Crippen LogP contribution in [-0.2, 0) is 21.2 Å². The molecule has 0 saturated heterocycles. The number of nitrogens with one attached hydrogen (secondary N) is 1. The van der Waals surface area contributed by atoms with Gasteiger partial charge in [0.2, 0.25) is 10.0 Å². The highest BCUT2D eigenvalue weighted by molar-refractivity contribution is 7.89. The summed E-state index contributed by atoms with van der Waals surface area (Å²) in [4.78, 5) is 10.8. The van der Waals surface area contributed by atoms with Crippen LogP contribution in [0.15, 0.2) is 17.0 Å². The molecule has 0 saturated carbocycles. The summed E-state index contributed by atoms with van der Waals surface area (Å²) in [5.41, 5.74) is 0.369. The number of aryl methyl sites for hydroxylation is 1. The minimum atomic E-state index is -3.77. The van der Waals surface area contributed by atoms with E-state index in [4.69, 9.17) is 14.6 Å². The zero-order valence-corrected chi connectivity index (χ0v) is 13.9. The molecule has 8 heteroatoms. The SMILES string of the molecule is COc1cc(CCC(=O)O)c(S(=O)(=O)NC(C)C)cc1OC. The summed E-state index contributed by atoms with van der Waals surface area (Å²) in [5, 5.41) is 8.82. The Morgan fingerprint density at radius 3 is 2.23 bits per heavy atom. The summed E-state index contributed by atoms with van der Waals surface area (Å²) in [6, 6.07) is 2.56. The second kappa shape index (κ2) is 7.46. The van der Waals surface area contributed by atoms with Gasteiger partial charge in [-0.3, -0.25) is 4.79 Å². The molecule has 0 aliphatic rings. The van der Waals surface area contributed by atoms with Crippen LogP contribution in [0.2, 0.25) is 0 Å². The first-order valence-corrected chi connectivity index (χ1v) is 8.18. The molecule has 0 heterocycles. The van der Waals surface area contributed by atoms with Crippen LogP contribution in [0.1, 0.15) is 25.8 Å². The number of ether oxygens (including phenoxy) is 2. The van der Waals surface area contributed by atoms with Gasteiger partial charge in [-0.2, -0.15) is 0 Å². The molecular formula is C14H21NO6S. The van der Waals surface area contributed by atoms with Gasteiger partial charge in [-0.25, -0.2) is 13.1 Å². The minimum absolute atomic E-state index is 0.0000926. The quantitative estimate of drug-likeness (QED) is 0.747. The van der Waals surface area contributed by atoms with Crippen LogP contribution in [0.3, 0.4) is 0 Å². The van der Waals surface area contributed by atoms with Gasteiger partial charge >= 0.3 is 5.97 Å². The summed E-state index contributed by atoms with van der Waals surface area (Å²) in [7, 11) is -0.940. The number of aliphatic carboxylic acids is 1. The smallest absolute Gasteiger partial charge is 0.303 e. The standard InChI is InChI=1S/C14H21NO6S/c1-9(2)15-22(18,19)13-8-12(21-4)11(20-3)7-10(13)5-6-14(16)17/h7-9,15H,5-6H2,1-4H3,(H,16,17). The van der Waals surface area contributed by atoms with E-state index in [0.717, 1.165) is 0 Å². The zero-order chi connectivity index (χ0) is 16.9. The predicted octanol–water partition coefficient (Wildman–Crippen LogP) is 1.41. The third-order valence-corrected chi connectivity index (χ3v) is 4.60. The van der Waals surface area contributed by atoms with Crippen LogP contribution >= 0.6 is 0 Å².